The van der Waals surface area contributed by atoms with E-state index in [2.05, 4.69) is 15.4 Å². The van der Waals surface area contributed by atoms with Crippen LogP contribution < -0.4 is 19.7 Å². The van der Waals surface area contributed by atoms with Crippen molar-refractivity contribution < 1.29 is 33.7 Å². The topological polar surface area (TPSA) is 145 Å². The second-order valence-corrected chi connectivity index (χ2v) is 11.1. The molecule has 2 heterocycles. The van der Waals surface area contributed by atoms with E-state index in [1.165, 1.54) is 0 Å². The van der Waals surface area contributed by atoms with Gasteiger partial charge in [-0.15, -0.1) is 0 Å². The lowest BCUT2D eigenvalue weighted by atomic mass is 10.0. The van der Waals surface area contributed by atoms with Crippen LogP contribution >= 0.6 is 0 Å². The summed E-state index contributed by atoms with van der Waals surface area (Å²) in [5.41, 5.74) is 1.97. The zero-order valence-electron chi connectivity index (χ0n) is 25.1. The van der Waals surface area contributed by atoms with Gasteiger partial charge in [0.1, 0.15) is 11.6 Å². The molecular formula is C31H35N5O7. The highest BCUT2D eigenvalue weighted by molar-refractivity contribution is 6.04. The van der Waals surface area contributed by atoms with Crippen LogP contribution in [-0.2, 0) is 9.53 Å². The highest BCUT2D eigenvalue weighted by atomic mass is 16.6. The summed E-state index contributed by atoms with van der Waals surface area (Å²) in [6.45, 7) is 8.55. The van der Waals surface area contributed by atoms with E-state index in [1.807, 2.05) is 12.1 Å². The first kappa shape index (κ1) is 30.8. The number of rotatable bonds is 9. The number of anilines is 2. The number of amides is 2. The van der Waals surface area contributed by atoms with Crippen LogP contribution in [-0.4, -0.2) is 63.5 Å². The summed E-state index contributed by atoms with van der Waals surface area (Å²) in [5.74, 6) is -0.916. The van der Waals surface area contributed by atoms with Gasteiger partial charge in [-0.25, -0.2) is 19.1 Å². The molecule has 2 aromatic carbocycles. The molecule has 226 valence electrons. The molecule has 0 aliphatic heterocycles. The minimum absolute atomic E-state index is 0.130. The van der Waals surface area contributed by atoms with E-state index in [9.17, 15) is 19.5 Å². The molecule has 0 aliphatic carbocycles. The van der Waals surface area contributed by atoms with Crippen LogP contribution in [0.2, 0.25) is 0 Å². The smallest absolute Gasteiger partial charge is 0.415 e. The highest BCUT2D eigenvalue weighted by Gasteiger charge is 2.36. The maximum absolute atomic E-state index is 13.2. The Kier molecular flexibility index (Phi) is 8.88. The van der Waals surface area contributed by atoms with Gasteiger partial charge in [0.2, 0.25) is 0 Å². The predicted octanol–water partition coefficient (Wildman–Crippen LogP) is 5.52. The molecule has 43 heavy (non-hydrogen) atoms. The van der Waals surface area contributed by atoms with Crippen molar-refractivity contribution in [2.45, 2.75) is 46.3 Å². The van der Waals surface area contributed by atoms with Crippen molar-refractivity contribution in [2.75, 3.05) is 24.4 Å². The number of aromatic nitrogens is 3. The molecule has 12 nitrogen and oxygen atoms in total. The van der Waals surface area contributed by atoms with Gasteiger partial charge in [-0.1, -0.05) is 13.8 Å². The molecule has 0 unspecified atom stereocenters. The first-order valence-electron chi connectivity index (χ1n) is 13.6. The van der Waals surface area contributed by atoms with Crippen LogP contribution in [0.1, 0.15) is 45.1 Å². The third-order valence-electron chi connectivity index (χ3n) is 6.43. The lowest BCUT2D eigenvalue weighted by Gasteiger charge is -2.33. The van der Waals surface area contributed by atoms with Gasteiger partial charge >= 0.3 is 12.1 Å². The number of methoxy groups -OCH3 is 2. The molecule has 0 aliphatic rings. The van der Waals surface area contributed by atoms with E-state index in [1.54, 1.807) is 102 Å². The standard InChI is InChI=1S/C31H35N5O7/c1-18(2)27(29(38)39)35(30(40)43-31(3,4)5)21-11-9-20(10-12-21)33-28(37)22-17-26-32-15-14-23(36(26)34-22)19-8-13-24(41-6)25(16-19)42-7/h8-18,27H,1-7H3,(H,33,37)(H,38,39)/t27-/m0/s1. The Bertz CT molecular complexity index is 1640. The Hall–Kier alpha value is -5.13. The summed E-state index contributed by atoms with van der Waals surface area (Å²) in [5, 5.41) is 17.2. The Balaban J connectivity index is 1.60. The van der Waals surface area contributed by atoms with Crippen molar-refractivity contribution in [2.24, 2.45) is 5.92 Å². The fourth-order valence-corrected chi connectivity index (χ4v) is 4.51. The van der Waals surface area contributed by atoms with Gasteiger partial charge in [0.05, 0.1) is 19.9 Å². The van der Waals surface area contributed by atoms with E-state index < -0.39 is 35.5 Å². The summed E-state index contributed by atoms with van der Waals surface area (Å²) in [6, 6.07) is 13.9. The van der Waals surface area contributed by atoms with E-state index in [0.29, 0.717) is 34.2 Å². The van der Waals surface area contributed by atoms with Crippen LogP contribution in [0.15, 0.2) is 60.8 Å². The number of carbonyl (C=O) groups is 3. The molecule has 0 saturated heterocycles. The molecule has 2 amide bonds. The van der Waals surface area contributed by atoms with Crippen molar-refractivity contribution in [1.82, 2.24) is 14.6 Å². The van der Waals surface area contributed by atoms with Crippen molar-refractivity contribution in [3.63, 3.8) is 0 Å². The molecule has 0 fully saturated rings. The number of hydrogen-bond acceptors (Lipinski definition) is 8. The molecule has 0 saturated carbocycles. The van der Waals surface area contributed by atoms with Crippen molar-refractivity contribution in [3.8, 4) is 22.8 Å². The molecule has 2 N–H and O–H groups in total. The van der Waals surface area contributed by atoms with E-state index in [4.69, 9.17) is 14.2 Å². The quantitative estimate of drug-likeness (QED) is 0.258. The molecule has 12 heteroatoms. The SMILES string of the molecule is COc1ccc(-c2ccnc3cc(C(=O)Nc4ccc(N(C(=O)OC(C)(C)C)[C@H](C(=O)O)C(C)C)cc4)nn23)cc1OC. The van der Waals surface area contributed by atoms with Gasteiger partial charge in [-0.2, -0.15) is 5.10 Å². The predicted molar refractivity (Wildman–Crippen MR) is 161 cm³/mol. The van der Waals surface area contributed by atoms with Crippen molar-refractivity contribution in [1.29, 1.82) is 0 Å². The molecular weight excluding hydrogens is 554 g/mol. The minimum atomic E-state index is -1.17. The zero-order valence-corrected chi connectivity index (χ0v) is 25.1. The lowest BCUT2D eigenvalue weighted by Crippen LogP contribution is -2.50. The minimum Gasteiger partial charge on any atom is -0.493 e. The first-order valence-corrected chi connectivity index (χ1v) is 13.6. The summed E-state index contributed by atoms with van der Waals surface area (Å²) in [6.07, 6.45) is 0.842. The number of nitrogens with one attached hydrogen (secondary N) is 1. The fourth-order valence-electron chi connectivity index (χ4n) is 4.51. The normalized spacial score (nSPS) is 12.1. The number of aliphatic carboxylic acids is 1. The summed E-state index contributed by atoms with van der Waals surface area (Å²) in [4.78, 5) is 43.8. The van der Waals surface area contributed by atoms with Gasteiger partial charge in [-0.3, -0.25) is 9.69 Å². The first-order chi connectivity index (χ1) is 20.3. The second kappa shape index (κ2) is 12.4. The maximum Gasteiger partial charge on any atom is 0.415 e. The maximum atomic E-state index is 13.2. The average Bonchev–Trinajstić information content (AvgIpc) is 3.39. The summed E-state index contributed by atoms with van der Waals surface area (Å²) < 4.78 is 17.8. The molecule has 4 rings (SSSR count). The monoisotopic (exact) mass is 589 g/mol. The Morgan fingerprint density at radius 1 is 0.953 bits per heavy atom. The Labute approximate surface area is 249 Å². The Morgan fingerprint density at radius 3 is 2.21 bits per heavy atom. The molecule has 0 bridgehead atoms. The average molecular weight is 590 g/mol. The van der Waals surface area contributed by atoms with E-state index in [0.717, 1.165) is 10.5 Å². The third-order valence-corrected chi connectivity index (χ3v) is 6.43. The van der Waals surface area contributed by atoms with Gasteiger partial charge < -0.3 is 24.6 Å². The highest BCUT2D eigenvalue weighted by Crippen LogP contribution is 2.32. The van der Waals surface area contributed by atoms with Crippen LogP contribution in [0.4, 0.5) is 16.2 Å². The second-order valence-electron chi connectivity index (χ2n) is 11.1. The number of carboxylic acid groups (broad SMARTS) is 1. The van der Waals surface area contributed by atoms with Crippen molar-refractivity contribution >= 4 is 35.0 Å². The van der Waals surface area contributed by atoms with Crippen molar-refractivity contribution in [3.05, 3.63) is 66.5 Å². The number of carboxylic acids is 1. The van der Waals surface area contributed by atoms with Gasteiger partial charge in [0.25, 0.3) is 5.91 Å². The molecule has 2 aromatic heterocycles. The lowest BCUT2D eigenvalue weighted by molar-refractivity contribution is -0.139. The molecule has 4 aromatic rings. The number of hydrogen-bond donors (Lipinski definition) is 2. The molecule has 0 spiro atoms. The van der Waals surface area contributed by atoms with Gasteiger partial charge in [-0.05, 0) is 75.2 Å². The number of ether oxygens (including phenoxy) is 3. The van der Waals surface area contributed by atoms with Crippen LogP contribution in [0, 0.1) is 5.92 Å². The van der Waals surface area contributed by atoms with Gasteiger partial charge in [0, 0.05) is 29.2 Å². The van der Waals surface area contributed by atoms with Crippen LogP contribution in [0.5, 0.6) is 11.5 Å². The molecule has 1 atom stereocenters. The number of nitrogens with zero attached hydrogens (tertiary/aromatic N) is 4. The number of carbonyl (C=O) groups excluding carboxylic acids is 2. The Morgan fingerprint density at radius 2 is 1.63 bits per heavy atom. The van der Waals surface area contributed by atoms with Gasteiger partial charge in [0.15, 0.2) is 22.8 Å². The third kappa shape index (κ3) is 6.85. The number of benzene rings is 2. The fraction of sp³-hybridized carbons (Fsp3) is 0.323. The zero-order chi connectivity index (χ0) is 31.5. The summed E-state index contributed by atoms with van der Waals surface area (Å²) >= 11 is 0. The number of fused-ring (bicyclic) bond motifs is 1. The molecule has 0 radical (unpaired) electrons. The largest absolute Gasteiger partial charge is 0.493 e. The van der Waals surface area contributed by atoms with Crippen LogP contribution in [0.3, 0.4) is 0 Å². The summed E-state index contributed by atoms with van der Waals surface area (Å²) in [7, 11) is 3.11. The van der Waals surface area contributed by atoms with E-state index >= 15 is 0 Å². The van der Waals surface area contributed by atoms with Crippen LogP contribution in [0.25, 0.3) is 16.9 Å². The van der Waals surface area contributed by atoms with E-state index in [-0.39, 0.29) is 5.69 Å².